The standard InChI is InChI=1S/C12H13F3N4O/c1-16-10-17-9-8(3-2-6-19(9)18-10)20-7-11(4-5-11)12(13,14)15/h2-3,6H,4-5,7H2,1H3,(H,16,18). The largest absolute Gasteiger partial charge is 0.489 e. The van der Waals surface area contributed by atoms with Gasteiger partial charge in [-0.25, -0.2) is 4.52 Å². The van der Waals surface area contributed by atoms with E-state index in [-0.39, 0.29) is 19.4 Å². The summed E-state index contributed by atoms with van der Waals surface area (Å²) in [4.78, 5) is 4.15. The summed E-state index contributed by atoms with van der Waals surface area (Å²) in [6, 6.07) is 3.25. The van der Waals surface area contributed by atoms with Crippen molar-refractivity contribution in [1.82, 2.24) is 14.6 Å². The van der Waals surface area contributed by atoms with Gasteiger partial charge in [0.05, 0.1) is 0 Å². The number of aromatic nitrogens is 3. The lowest BCUT2D eigenvalue weighted by atomic mass is 10.1. The van der Waals surface area contributed by atoms with E-state index in [2.05, 4.69) is 15.4 Å². The number of rotatable bonds is 4. The van der Waals surface area contributed by atoms with Gasteiger partial charge in [-0.15, -0.1) is 5.10 Å². The third-order valence-corrected chi connectivity index (χ3v) is 3.51. The molecule has 3 rings (SSSR count). The average molecular weight is 286 g/mol. The van der Waals surface area contributed by atoms with Crippen LogP contribution in [0, 0.1) is 5.41 Å². The van der Waals surface area contributed by atoms with Crippen molar-refractivity contribution in [2.75, 3.05) is 19.0 Å². The Morgan fingerprint density at radius 3 is 2.80 bits per heavy atom. The second-order valence-corrected chi connectivity index (χ2v) is 4.89. The Kier molecular flexibility index (Phi) is 2.77. The van der Waals surface area contributed by atoms with Gasteiger partial charge in [-0.05, 0) is 25.0 Å². The highest BCUT2D eigenvalue weighted by atomic mass is 19.4. The average Bonchev–Trinajstić information content (AvgIpc) is 3.08. The van der Waals surface area contributed by atoms with Crippen LogP contribution in [0.15, 0.2) is 18.3 Å². The van der Waals surface area contributed by atoms with Crippen molar-refractivity contribution in [3.05, 3.63) is 18.3 Å². The fraction of sp³-hybridized carbons (Fsp3) is 0.500. The summed E-state index contributed by atoms with van der Waals surface area (Å²) in [5, 5.41) is 6.87. The summed E-state index contributed by atoms with van der Waals surface area (Å²) in [6.07, 6.45) is -2.32. The lowest BCUT2D eigenvalue weighted by Crippen LogP contribution is -2.30. The first kappa shape index (κ1) is 13.0. The zero-order valence-corrected chi connectivity index (χ0v) is 10.7. The highest BCUT2D eigenvalue weighted by Crippen LogP contribution is 2.57. The maximum Gasteiger partial charge on any atom is 0.397 e. The van der Waals surface area contributed by atoms with Gasteiger partial charge in [-0.3, -0.25) is 0 Å². The van der Waals surface area contributed by atoms with Crippen molar-refractivity contribution in [2.24, 2.45) is 5.41 Å². The molecular formula is C12H13F3N4O. The number of hydrogen-bond donors (Lipinski definition) is 1. The third kappa shape index (κ3) is 2.04. The molecule has 0 bridgehead atoms. The van der Waals surface area contributed by atoms with Crippen LogP contribution in [0.1, 0.15) is 12.8 Å². The first-order valence-electron chi connectivity index (χ1n) is 6.18. The van der Waals surface area contributed by atoms with Crippen molar-refractivity contribution in [3.8, 4) is 5.75 Å². The Morgan fingerprint density at radius 2 is 2.20 bits per heavy atom. The summed E-state index contributed by atoms with van der Waals surface area (Å²) < 4.78 is 45.4. The molecule has 8 heteroatoms. The van der Waals surface area contributed by atoms with E-state index in [1.54, 1.807) is 25.4 Å². The van der Waals surface area contributed by atoms with Gasteiger partial charge in [0.1, 0.15) is 12.0 Å². The van der Waals surface area contributed by atoms with Crippen LogP contribution in [0.2, 0.25) is 0 Å². The summed E-state index contributed by atoms with van der Waals surface area (Å²) in [5.74, 6) is 0.690. The highest BCUT2D eigenvalue weighted by Gasteiger charge is 2.63. The lowest BCUT2D eigenvalue weighted by Gasteiger charge is -2.19. The Morgan fingerprint density at radius 1 is 1.45 bits per heavy atom. The number of nitrogens with one attached hydrogen (secondary N) is 1. The molecule has 5 nitrogen and oxygen atoms in total. The lowest BCUT2D eigenvalue weighted by molar-refractivity contribution is -0.194. The van der Waals surface area contributed by atoms with Crippen LogP contribution < -0.4 is 10.1 Å². The van der Waals surface area contributed by atoms with Crippen molar-refractivity contribution in [1.29, 1.82) is 0 Å². The predicted molar refractivity (Wildman–Crippen MR) is 65.8 cm³/mol. The van der Waals surface area contributed by atoms with Gasteiger partial charge in [-0.2, -0.15) is 18.2 Å². The fourth-order valence-electron chi connectivity index (χ4n) is 1.98. The highest BCUT2D eigenvalue weighted by molar-refractivity contribution is 5.55. The number of halogens is 3. The fourth-order valence-corrected chi connectivity index (χ4v) is 1.98. The summed E-state index contributed by atoms with van der Waals surface area (Å²) in [6.45, 7) is -0.377. The molecule has 0 radical (unpaired) electrons. The van der Waals surface area contributed by atoms with Crippen molar-refractivity contribution in [2.45, 2.75) is 19.0 Å². The quantitative estimate of drug-likeness (QED) is 0.938. The van der Waals surface area contributed by atoms with Crippen LogP contribution in [0.5, 0.6) is 5.75 Å². The number of alkyl halides is 3. The minimum atomic E-state index is -4.22. The molecule has 0 saturated heterocycles. The van der Waals surface area contributed by atoms with Gasteiger partial charge < -0.3 is 10.1 Å². The van der Waals surface area contributed by atoms with Crippen LogP contribution in [0.4, 0.5) is 19.1 Å². The molecule has 1 aliphatic rings. The Balaban J connectivity index is 1.83. The molecule has 1 saturated carbocycles. The van der Waals surface area contributed by atoms with Gasteiger partial charge in [0.25, 0.3) is 0 Å². The maximum absolute atomic E-state index is 12.8. The van der Waals surface area contributed by atoms with E-state index in [0.29, 0.717) is 17.3 Å². The van der Waals surface area contributed by atoms with E-state index in [9.17, 15) is 13.2 Å². The first-order chi connectivity index (χ1) is 9.45. The molecule has 0 amide bonds. The molecule has 20 heavy (non-hydrogen) atoms. The first-order valence-corrected chi connectivity index (χ1v) is 6.18. The molecule has 2 aromatic heterocycles. The van der Waals surface area contributed by atoms with Crippen molar-refractivity contribution in [3.63, 3.8) is 0 Å². The third-order valence-electron chi connectivity index (χ3n) is 3.51. The van der Waals surface area contributed by atoms with Crippen LogP contribution in [0.25, 0.3) is 5.65 Å². The van der Waals surface area contributed by atoms with Crippen molar-refractivity contribution >= 4 is 11.6 Å². The molecule has 1 aliphatic carbocycles. The smallest absolute Gasteiger partial charge is 0.397 e. The van der Waals surface area contributed by atoms with Gasteiger partial charge in [0.2, 0.25) is 5.95 Å². The molecule has 0 spiro atoms. The summed E-state index contributed by atoms with van der Waals surface area (Å²) in [5.41, 5.74) is -1.29. The van der Waals surface area contributed by atoms with Crippen molar-refractivity contribution < 1.29 is 17.9 Å². The van der Waals surface area contributed by atoms with Gasteiger partial charge in [0, 0.05) is 13.2 Å². The monoisotopic (exact) mass is 286 g/mol. The number of fused-ring (bicyclic) bond motifs is 1. The molecule has 0 atom stereocenters. The Hall–Kier alpha value is -1.99. The number of ether oxygens (including phenoxy) is 1. The summed E-state index contributed by atoms with van der Waals surface area (Å²) in [7, 11) is 1.66. The minimum Gasteiger partial charge on any atom is -0.489 e. The van der Waals surface area contributed by atoms with E-state index >= 15 is 0 Å². The normalized spacial score (nSPS) is 17.2. The van der Waals surface area contributed by atoms with Gasteiger partial charge in [0.15, 0.2) is 11.4 Å². The molecule has 0 unspecified atom stereocenters. The number of pyridine rings is 1. The van der Waals surface area contributed by atoms with E-state index < -0.39 is 11.6 Å². The molecule has 1 N–H and O–H groups in total. The topological polar surface area (TPSA) is 51.5 Å². The second-order valence-electron chi connectivity index (χ2n) is 4.89. The van der Waals surface area contributed by atoms with E-state index in [1.165, 1.54) is 4.52 Å². The second kappa shape index (κ2) is 4.26. The Bertz CT molecular complexity index is 633. The SMILES string of the molecule is CNc1nc2c(OCC3(C(F)(F)F)CC3)cccn2n1. The van der Waals surface area contributed by atoms with E-state index in [1.807, 2.05) is 0 Å². The number of anilines is 1. The van der Waals surface area contributed by atoms with Crippen LogP contribution in [-0.4, -0.2) is 34.4 Å². The molecule has 0 aromatic carbocycles. The number of nitrogens with zero attached hydrogens (tertiary/aromatic N) is 3. The van der Waals surface area contributed by atoms with Crippen LogP contribution >= 0.6 is 0 Å². The van der Waals surface area contributed by atoms with Gasteiger partial charge in [-0.1, -0.05) is 0 Å². The molecule has 0 aliphatic heterocycles. The van der Waals surface area contributed by atoms with Gasteiger partial charge >= 0.3 is 6.18 Å². The van der Waals surface area contributed by atoms with Crippen LogP contribution in [0.3, 0.4) is 0 Å². The Labute approximate surface area is 112 Å². The predicted octanol–water partition coefficient (Wildman–Crippen LogP) is 2.49. The molecule has 2 aromatic rings. The molecule has 2 heterocycles. The molecular weight excluding hydrogens is 273 g/mol. The maximum atomic E-state index is 12.8. The number of hydrogen-bond acceptors (Lipinski definition) is 4. The zero-order chi connectivity index (χ0) is 14.4. The van der Waals surface area contributed by atoms with Crippen LogP contribution in [-0.2, 0) is 0 Å². The summed E-state index contributed by atoms with van der Waals surface area (Å²) >= 11 is 0. The molecule has 1 fully saturated rings. The minimum absolute atomic E-state index is 0.119. The van der Waals surface area contributed by atoms with E-state index in [4.69, 9.17) is 4.74 Å². The van der Waals surface area contributed by atoms with E-state index in [0.717, 1.165) is 0 Å². The zero-order valence-electron chi connectivity index (χ0n) is 10.7. The molecule has 108 valence electrons.